The molecule has 0 saturated carbocycles. The molecule has 0 bridgehead atoms. The van der Waals surface area contributed by atoms with Crippen LogP contribution in [0.4, 0.5) is 4.79 Å². The second-order valence-corrected chi connectivity index (χ2v) is 7.16. The fourth-order valence-corrected chi connectivity index (χ4v) is 3.04. The van der Waals surface area contributed by atoms with E-state index in [2.05, 4.69) is 21.2 Å². The topological polar surface area (TPSA) is 41.6 Å². The summed E-state index contributed by atoms with van der Waals surface area (Å²) in [4.78, 5) is 18.3. The molecule has 2 amide bonds. The van der Waals surface area contributed by atoms with Crippen LogP contribution in [0.3, 0.4) is 0 Å². The van der Waals surface area contributed by atoms with Crippen molar-refractivity contribution in [1.82, 2.24) is 10.4 Å². The molecule has 0 aromatic heterocycles. The summed E-state index contributed by atoms with van der Waals surface area (Å²) in [5.74, 6) is 0.490. The van der Waals surface area contributed by atoms with E-state index in [4.69, 9.17) is 16.4 Å². The second-order valence-electron chi connectivity index (χ2n) is 5.81. The maximum atomic E-state index is 12.6. The number of amides is 2. The molecule has 2 aromatic carbocycles. The zero-order valence-electron chi connectivity index (χ0n) is 13.8. The van der Waals surface area contributed by atoms with Gasteiger partial charge in [-0.25, -0.2) is 4.79 Å². The van der Waals surface area contributed by atoms with Gasteiger partial charge in [0.2, 0.25) is 0 Å². The highest BCUT2D eigenvalue weighted by Gasteiger charge is 2.26. The Morgan fingerprint density at radius 3 is 2.50 bits per heavy atom. The van der Waals surface area contributed by atoms with Crippen LogP contribution in [0.5, 0.6) is 5.75 Å². The monoisotopic (exact) mass is 410 g/mol. The molecule has 2 aromatic rings. The molecule has 0 saturated heterocycles. The van der Waals surface area contributed by atoms with Crippen molar-refractivity contribution in [3.63, 3.8) is 0 Å². The number of benzene rings is 2. The minimum Gasteiger partial charge on any atom is -0.375 e. The summed E-state index contributed by atoms with van der Waals surface area (Å²) in [6.07, 6.45) is 0. The lowest BCUT2D eigenvalue weighted by Crippen LogP contribution is -2.49. The molecule has 0 heterocycles. The number of carbonyl (C=O) groups excluding carboxylic acids is 1. The molecule has 0 aliphatic rings. The molecule has 24 heavy (non-hydrogen) atoms. The van der Waals surface area contributed by atoms with Crippen molar-refractivity contribution in [2.75, 3.05) is 6.54 Å². The van der Waals surface area contributed by atoms with E-state index >= 15 is 0 Å². The number of hydroxylamine groups is 2. The summed E-state index contributed by atoms with van der Waals surface area (Å²) in [5.41, 5.74) is 0.490. The van der Waals surface area contributed by atoms with Crippen molar-refractivity contribution < 1.29 is 9.63 Å². The molecule has 0 unspecified atom stereocenters. The average molecular weight is 412 g/mol. The van der Waals surface area contributed by atoms with Gasteiger partial charge in [0.15, 0.2) is 5.75 Å². The zero-order valence-corrected chi connectivity index (χ0v) is 16.2. The number of hydrogen-bond donors (Lipinski definition) is 1. The fourth-order valence-electron chi connectivity index (χ4n) is 2.21. The normalized spacial score (nSPS) is 11.0. The first-order valence-corrected chi connectivity index (χ1v) is 8.78. The Bertz CT molecular complexity index is 687. The van der Waals surface area contributed by atoms with Crippen LogP contribution in [0.15, 0.2) is 53.0 Å². The van der Waals surface area contributed by atoms with Crippen LogP contribution in [0.25, 0.3) is 0 Å². The van der Waals surface area contributed by atoms with E-state index < -0.39 is 5.54 Å². The van der Waals surface area contributed by atoms with Gasteiger partial charge in [-0.3, -0.25) is 0 Å². The first-order chi connectivity index (χ1) is 11.3. The lowest BCUT2D eigenvalue weighted by molar-refractivity contribution is -0.0114. The number of urea groups is 1. The van der Waals surface area contributed by atoms with Crippen LogP contribution in [0.2, 0.25) is 5.02 Å². The van der Waals surface area contributed by atoms with Gasteiger partial charge in [-0.05, 0) is 38.5 Å². The maximum Gasteiger partial charge on any atom is 0.351 e. The molecular weight excluding hydrogens is 392 g/mol. The van der Waals surface area contributed by atoms with E-state index in [0.29, 0.717) is 17.3 Å². The van der Waals surface area contributed by atoms with Crippen molar-refractivity contribution in [1.29, 1.82) is 0 Å². The van der Waals surface area contributed by atoms with E-state index in [9.17, 15) is 4.79 Å². The Labute approximate surface area is 155 Å². The molecule has 0 radical (unpaired) electrons. The third kappa shape index (κ3) is 4.89. The third-order valence-corrected chi connectivity index (χ3v) is 4.16. The van der Waals surface area contributed by atoms with Crippen molar-refractivity contribution in [2.45, 2.75) is 26.3 Å². The molecule has 0 aliphatic heterocycles. The predicted octanol–water partition coefficient (Wildman–Crippen LogP) is 5.36. The summed E-state index contributed by atoms with van der Waals surface area (Å²) in [6.45, 7) is 6.13. The molecule has 0 aliphatic carbocycles. The van der Waals surface area contributed by atoms with Gasteiger partial charge in [-0.2, -0.15) is 5.06 Å². The summed E-state index contributed by atoms with van der Waals surface area (Å²) in [5, 5.41) is 4.79. The molecule has 0 atom stereocenters. The molecule has 128 valence electrons. The van der Waals surface area contributed by atoms with Crippen LogP contribution in [0.1, 0.15) is 26.3 Å². The molecule has 1 N–H and O–H groups in total. The molecular formula is C18H20BrClN2O2. The quantitative estimate of drug-likeness (QED) is 0.673. The van der Waals surface area contributed by atoms with Gasteiger partial charge in [-0.15, -0.1) is 0 Å². The van der Waals surface area contributed by atoms with Crippen LogP contribution < -0.4 is 10.2 Å². The Morgan fingerprint density at radius 1 is 1.25 bits per heavy atom. The smallest absolute Gasteiger partial charge is 0.351 e. The van der Waals surface area contributed by atoms with E-state index in [1.54, 1.807) is 18.2 Å². The lowest BCUT2D eigenvalue weighted by atomic mass is 9.95. The minimum atomic E-state index is -0.524. The van der Waals surface area contributed by atoms with Crippen molar-refractivity contribution in [3.05, 3.63) is 63.6 Å². The molecule has 0 spiro atoms. The van der Waals surface area contributed by atoms with Gasteiger partial charge in [0.25, 0.3) is 0 Å². The average Bonchev–Trinajstić information content (AvgIpc) is 2.52. The number of rotatable bonds is 5. The van der Waals surface area contributed by atoms with Crippen molar-refractivity contribution >= 4 is 33.6 Å². The van der Waals surface area contributed by atoms with Crippen molar-refractivity contribution in [3.8, 4) is 5.75 Å². The second kappa shape index (κ2) is 7.90. The fraction of sp³-hybridized carbons (Fsp3) is 0.278. The summed E-state index contributed by atoms with van der Waals surface area (Å²) in [6, 6.07) is 14.6. The molecule has 4 nitrogen and oxygen atoms in total. The Hall–Kier alpha value is -1.72. The third-order valence-electron chi connectivity index (χ3n) is 3.48. The maximum absolute atomic E-state index is 12.6. The molecule has 2 rings (SSSR count). The van der Waals surface area contributed by atoms with Gasteiger partial charge in [0.05, 0.1) is 12.1 Å². The SMILES string of the molecule is CCN(Oc1cc(Cl)cc(Br)c1)C(=O)NC(C)(C)c1ccccc1. The lowest BCUT2D eigenvalue weighted by Gasteiger charge is -2.30. The summed E-state index contributed by atoms with van der Waals surface area (Å²) in [7, 11) is 0. The van der Waals surface area contributed by atoms with Gasteiger partial charge in [0.1, 0.15) is 0 Å². The number of carbonyl (C=O) groups is 1. The number of hydrogen-bond acceptors (Lipinski definition) is 2. The van der Waals surface area contributed by atoms with E-state index in [-0.39, 0.29) is 6.03 Å². The van der Waals surface area contributed by atoms with Crippen molar-refractivity contribution in [2.24, 2.45) is 0 Å². The van der Waals surface area contributed by atoms with Crippen LogP contribution in [-0.2, 0) is 5.54 Å². The number of halogens is 2. The molecule has 0 fully saturated rings. The van der Waals surface area contributed by atoms with Crippen LogP contribution in [0, 0.1) is 0 Å². The Morgan fingerprint density at radius 2 is 1.92 bits per heavy atom. The number of nitrogens with one attached hydrogen (secondary N) is 1. The number of nitrogens with zero attached hydrogens (tertiary/aromatic N) is 1. The standard InChI is InChI=1S/C18H20BrClN2O2/c1-4-22(24-16-11-14(19)10-15(20)12-16)17(23)21-18(2,3)13-8-6-5-7-9-13/h5-12H,4H2,1-3H3,(H,21,23). The van der Waals surface area contributed by atoms with Crippen LogP contribution >= 0.6 is 27.5 Å². The highest BCUT2D eigenvalue weighted by Crippen LogP contribution is 2.25. The summed E-state index contributed by atoms with van der Waals surface area (Å²) < 4.78 is 0.783. The minimum absolute atomic E-state index is 0.317. The first-order valence-electron chi connectivity index (χ1n) is 7.61. The van der Waals surface area contributed by atoms with Gasteiger partial charge in [-0.1, -0.05) is 57.9 Å². The first kappa shape index (κ1) is 18.6. The van der Waals surface area contributed by atoms with E-state index in [1.165, 1.54) is 5.06 Å². The van der Waals surface area contributed by atoms with Gasteiger partial charge < -0.3 is 10.2 Å². The highest BCUT2D eigenvalue weighted by atomic mass is 79.9. The Balaban J connectivity index is 2.11. The summed E-state index contributed by atoms with van der Waals surface area (Å²) >= 11 is 9.37. The van der Waals surface area contributed by atoms with Crippen LogP contribution in [-0.4, -0.2) is 17.6 Å². The van der Waals surface area contributed by atoms with Gasteiger partial charge >= 0.3 is 6.03 Å². The van der Waals surface area contributed by atoms with E-state index in [1.807, 2.05) is 51.1 Å². The zero-order chi connectivity index (χ0) is 17.7. The Kier molecular flexibility index (Phi) is 6.13. The predicted molar refractivity (Wildman–Crippen MR) is 100 cm³/mol. The van der Waals surface area contributed by atoms with Gasteiger partial charge in [0, 0.05) is 15.6 Å². The largest absolute Gasteiger partial charge is 0.375 e. The van der Waals surface area contributed by atoms with E-state index in [0.717, 1.165) is 10.0 Å². The molecule has 6 heteroatoms. The highest BCUT2D eigenvalue weighted by molar-refractivity contribution is 9.10.